The summed E-state index contributed by atoms with van der Waals surface area (Å²) in [5, 5.41) is 2.08. The zero-order valence-corrected chi connectivity index (χ0v) is 13.5. The van der Waals surface area contributed by atoms with E-state index in [1.54, 1.807) is 18.3 Å². The Hall–Kier alpha value is -1.39. The number of aryl methyl sites for hydroxylation is 1. The highest BCUT2D eigenvalue weighted by molar-refractivity contribution is 7.09. The molecule has 0 aliphatic heterocycles. The molecule has 0 radical (unpaired) electrons. The van der Waals surface area contributed by atoms with Crippen molar-refractivity contribution in [1.82, 2.24) is 9.55 Å². The monoisotopic (exact) mass is 322 g/mol. The molecule has 2 heterocycles. The molecule has 0 saturated carbocycles. The lowest BCUT2D eigenvalue weighted by atomic mass is 10.1. The van der Waals surface area contributed by atoms with Gasteiger partial charge in [-0.25, -0.2) is 9.37 Å². The number of benzene rings is 1. The van der Waals surface area contributed by atoms with Gasteiger partial charge in [-0.05, 0) is 36.9 Å². The Bertz CT molecular complexity index is 764. The summed E-state index contributed by atoms with van der Waals surface area (Å²) in [4.78, 5) is 5.80. The van der Waals surface area contributed by atoms with Gasteiger partial charge in [0, 0.05) is 23.4 Å². The average Bonchev–Trinajstić information content (AvgIpc) is 3.06. The van der Waals surface area contributed by atoms with Crippen molar-refractivity contribution in [2.75, 3.05) is 0 Å². The lowest BCUT2D eigenvalue weighted by molar-refractivity contribution is 0.547. The molecular weight excluding hydrogens is 307 g/mol. The molecule has 2 nitrogen and oxygen atoms in total. The third-order valence-corrected chi connectivity index (χ3v) is 4.82. The topological polar surface area (TPSA) is 17.8 Å². The zero-order valence-electron chi connectivity index (χ0n) is 11.9. The quantitative estimate of drug-likeness (QED) is 0.612. The molecule has 0 aliphatic rings. The zero-order chi connectivity index (χ0) is 15.0. The molecule has 3 aromatic rings. The molecular formula is C16H16ClFN2S. The summed E-state index contributed by atoms with van der Waals surface area (Å²) in [5.74, 6) is 0.893. The lowest BCUT2D eigenvalue weighted by Gasteiger charge is -2.16. The van der Waals surface area contributed by atoms with Crippen molar-refractivity contribution in [2.24, 2.45) is 0 Å². The number of rotatable bonds is 4. The number of thiophene rings is 1. The van der Waals surface area contributed by atoms with E-state index in [1.165, 1.54) is 10.9 Å². The predicted molar refractivity (Wildman–Crippen MR) is 86.7 cm³/mol. The van der Waals surface area contributed by atoms with E-state index in [4.69, 9.17) is 11.6 Å². The van der Waals surface area contributed by atoms with Gasteiger partial charge in [0.25, 0.3) is 0 Å². The van der Waals surface area contributed by atoms with Gasteiger partial charge >= 0.3 is 0 Å². The molecule has 2 aromatic heterocycles. The van der Waals surface area contributed by atoms with Crippen molar-refractivity contribution >= 4 is 34.0 Å². The number of imidazole rings is 1. The summed E-state index contributed by atoms with van der Waals surface area (Å²) in [6.45, 7) is 3.92. The van der Waals surface area contributed by atoms with Crippen LogP contribution in [0.5, 0.6) is 0 Å². The molecule has 1 atom stereocenters. The summed E-state index contributed by atoms with van der Waals surface area (Å²) < 4.78 is 15.9. The van der Waals surface area contributed by atoms with Gasteiger partial charge in [-0.2, -0.15) is 0 Å². The maximum atomic E-state index is 13.7. The minimum atomic E-state index is -0.223. The molecule has 0 aliphatic carbocycles. The van der Waals surface area contributed by atoms with Crippen LogP contribution < -0.4 is 0 Å². The smallest absolute Gasteiger partial charge is 0.128 e. The highest BCUT2D eigenvalue weighted by Gasteiger charge is 2.17. The minimum absolute atomic E-state index is 0.223. The molecule has 21 heavy (non-hydrogen) atoms. The summed E-state index contributed by atoms with van der Waals surface area (Å²) >= 11 is 7.78. The normalized spacial score (nSPS) is 13.0. The fourth-order valence-electron chi connectivity index (χ4n) is 2.67. The van der Waals surface area contributed by atoms with Crippen molar-refractivity contribution < 1.29 is 4.39 Å². The second kappa shape index (κ2) is 5.78. The Morgan fingerprint density at radius 2 is 2.24 bits per heavy atom. The van der Waals surface area contributed by atoms with Crippen LogP contribution in [0.1, 0.15) is 29.2 Å². The van der Waals surface area contributed by atoms with Crippen LogP contribution in [0.4, 0.5) is 4.39 Å². The van der Waals surface area contributed by atoms with Gasteiger partial charge in [-0.1, -0.05) is 6.07 Å². The van der Waals surface area contributed by atoms with Crippen LogP contribution in [-0.2, 0) is 12.3 Å². The van der Waals surface area contributed by atoms with Gasteiger partial charge in [0.1, 0.15) is 11.6 Å². The molecule has 3 rings (SSSR count). The van der Waals surface area contributed by atoms with E-state index in [1.807, 2.05) is 6.07 Å². The van der Waals surface area contributed by atoms with Crippen molar-refractivity contribution in [3.63, 3.8) is 0 Å². The fraction of sp³-hybridized carbons (Fsp3) is 0.312. The molecule has 0 bridgehead atoms. The highest BCUT2D eigenvalue weighted by atomic mass is 35.5. The molecule has 0 N–H and O–H groups in total. The second-order valence-electron chi connectivity index (χ2n) is 5.25. The number of alkyl halides is 1. The number of hydrogen-bond donors (Lipinski definition) is 0. The van der Waals surface area contributed by atoms with Gasteiger partial charge in [0.15, 0.2) is 0 Å². The van der Waals surface area contributed by atoms with Crippen molar-refractivity contribution in [2.45, 2.75) is 32.2 Å². The number of nitrogens with zero attached hydrogens (tertiary/aromatic N) is 2. The van der Waals surface area contributed by atoms with Gasteiger partial charge in [0.2, 0.25) is 0 Å². The summed E-state index contributed by atoms with van der Waals surface area (Å²) in [6.07, 6.45) is 0.920. The first kappa shape index (κ1) is 14.5. The largest absolute Gasteiger partial charge is 0.324 e. The van der Waals surface area contributed by atoms with Gasteiger partial charge in [0.05, 0.1) is 16.9 Å². The standard InChI is InChI=1S/C16H16ClFN2S/c1-10-6-15-14(8-13(10)18)19-16(9-17)20(15)11(2)7-12-4-3-5-21-12/h3-6,8,11H,7,9H2,1-2H3. The van der Waals surface area contributed by atoms with Crippen molar-refractivity contribution in [3.8, 4) is 0 Å². The van der Waals surface area contributed by atoms with Crippen LogP contribution in [0.15, 0.2) is 29.6 Å². The van der Waals surface area contributed by atoms with Gasteiger partial charge < -0.3 is 4.57 Å². The first-order valence-electron chi connectivity index (χ1n) is 6.85. The summed E-state index contributed by atoms with van der Waals surface area (Å²) in [5.41, 5.74) is 2.26. The Morgan fingerprint density at radius 1 is 1.43 bits per heavy atom. The van der Waals surface area contributed by atoms with Gasteiger partial charge in [-0.3, -0.25) is 0 Å². The molecule has 1 unspecified atom stereocenters. The number of fused-ring (bicyclic) bond motifs is 1. The molecule has 110 valence electrons. The number of halogens is 2. The van der Waals surface area contributed by atoms with E-state index in [-0.39, 0.29) is 11.9 Å². The predicted octanol–water partition coefficient (Wildman–Crippen LogP) is 5.09. The van der Waals surface area contributed by atoms with E-state index in [9.17, 15) is 4.39 Å². The Morgan fingerprint density at radius 3 is 2.90 bits per heavy atom. The molecule has 0 amide bonds. The summed E-state index contributed by atoms with van der Waals surface area (Å²) in [6, 6.07) is 7.77. The van der Waals surface area contributed by atoms with E-state index in [2.05, 4.69) is 34.0 Å². The maximum Gasteiger partial charge on any atom is 0.128 e. The summed E-state index contributed by atoms with van der Waals surface area (Å²) in [7, 11) is 0. The van der Waals surface area contributed by atoms with Crippen LogP contribution in [0.25, 0.3) is 11.0 Å². The lowest BCUT2D eigenvalue weighted by Crippen LogP contribution is -2.10. The number of aromatic nitrogens is 2. The Balaban J connectivity index is 2.09. The van der Waals surface area contributed by atoms with Crippen LogP contribution in [0.3, 0.4) is 0 Å². The van der Waals surface area contributed by atoms with Crippen LogP contribution in [0, 0.1) is 12.7 Å². The SMILES string of the molecule is Cc1cc2c(cc1F)nc(CCl)n2C(C)Cc1cccs1. The van der Waals surface area contributed by atoms with Crippen LogP contribution >= 0.6 is 22.9 Å². The molecule has 0 spiro atoms. The average molecular weight is 323 g/mol. The second-order valence-corrected chi connectivity index (χ2v) is 6.55. The van der Waals surface area contributed by atoms with Crippen LogP contribution in [-0.4, -0.2) is 9.55 Å². The van der Waals surface area contributed by atoms with E-state index in [0.717, 1.165) is 17.8 Å². The van der Waals surface area contributed by atoms with Gasteiger partial charge in [-0.15, -0.1) is 22.9 Å². The fourth-order valence-corrected chi connectivity index (χ4v) is 3.68. The maximum absolute atomic E-state index is 13.7. The van der Waals surface area contributed by atoms with E-state index >= 15 is 0 Å². The molecule has 5 heteroatoms. The Kier molecular flexibility index (Phi) is 4.00. The third-order valence-electron chi connectivity index (χ3n) is 3.68. The minimum Gasteiger partial charge on any atom is -0.324 e. The van der Waals surface area contributed by atoms with Crippen LogP contribution in [0.2, 0.25) is 0 Å². The molecule has 0 saturated heterocycles. The van der Waals surface area contributed by atoms with Crippen molar-refractivity contribution in [3.05, 3.63) is 51.7 Å². The van der Waals surface area contributed by atoms with Crippen molar-refractivity contribution in [1.29, 1.82) is 0 Å². The highest BCUT2D eigenvalue weighted by Crippen LogP contribution is 2.27. The van der Waals surface area contributed by atoms with E-state index < -0.39 is 0 Å². The number of hydrogen-bond acceptors (Lipinski definition) is 2. The first-order valence-corrected chi connectivity index (χ1v) is 8.27. The molecule has 1 aromatic carbocycles. The first-order chi connectivity index (χ1) is 10.1. The van der Waals surface area contributed by atoms with E-state index in [0.29, 0.717) is 17.0 Å². The Labute approximate surface area is 132 Å². The third kappa shape index (κ3) is 2.70. The molecule has 0 fully saturated rings.